The van der Waals surface area contributed by atoms with E-state index in [0.29, 0.717) is 0 Å². The van der Waals surface area contributed by atoms with Gasteiger partial charge in [-0.2, -0.15) is 0 Å². The molecule has 0 spiro atoms. The Bertz CT molecular complexity index is 73.3. The Morgan fingerprint density at radius 2 is 0.800 bits per heavy atom. The maximum absolute atomic E-state index is 8.50. The van der Waals surface area contributed by atoms with Crippen LogP contribution in [0.15, 0.2) is 0 Å². The molecule has 0 fully saturated rings. The summed E-state index contributed by atoms with van der Waals surface area (Å²) in [5.74, 6) is 0. The maximum atomic E-state index is 8.50. The molecule has 58 valence electrons. The van der Waals surface area contributed by atoms with Crippen LogP contribution in [0.4, 0.5) is 0 Å². The van der Waals surface area contributed by atoms with Gasteiger partial charge in [-0.3, -0.25) is 0 Å². The largest absolute Gasteiger partial charge is 0.723 e. The van der Waals surface area contributed by atoms with Crippen molar-refractivity contribution >= 4 is 23.3 Å². The van der Waals surface area contributed by atoms with Crippen LogP contribution in [0.2, 0.25) is 0 Å². The summed E-state index contributed by atoms with van der Waals surface area (Å²) >= 11 is 2.89. The quantitative estimate of drug-likeness (QED) is 0.258. The van der Waals surface area contributed by atoms with Crippen molar-refractivity contribution in [3.8, 4) is 0 Å². The summed E-state index contributed by atoms with van der Waals surface area (Å²) in [5.41, 5.74) is 0. The first-order valence-corrected chi connectivity index (χ1v) is 5.01. The standard InChI is InChI=1S/2Mo.4O.H2S2.2Ti/c;;;;;;1-2;;/h;;;;;;1-2H;;/p-1. The van der Waals surface area contributed by atoms with Gasteiger partial charge in [0.2, 0.25) is 0 Å². The summed E-state index contributed by atoms with van der Waals surface area (Å²) < 4.78 is 34.0. The van der Waals surface area contributed by atoms with E-state index in [1.54, 1.807) is 0 Å². The van der Waals surface area contributed by atoms with E-state index in [4.69, 9.17) is 13.3 Å². The van der Waals surface area contributed by atoms with Gasteiger partial charge in [0, 0.05) is 42.1 Å². The smallest absolute Gasteiger partial charge is 0.350 e. The molecule has 0 heterocycles. The molecule has 0 aliphatic heterocycles. The zero-order valence-electron chi connectivity index (χ0n) is 4.30. The molecule has 0 saturated carbocycles. The van der Waals surface area contributed by atoms with E-state index < -0.39 is 38.2 Å². The molecule has 0 N–H and O–H groups in total. The average molecular weight is 417 g/mol. The van der Waals surface area contributed by atoms with Crippen LogP contribution in [-0.2, 0) is 105 Å². The summed E-state index contributed by atoms with van der Waals surface area (Å²) in [6.07, 6.45) is 0. The predicted octanol–water partition coefficient (Wildman–Crippen LogP) is -0.107. The molecule has 0 atom stereocenters. The predicted molar refractivity (Wildman–Crippen MR) is 19.1 cm³/mol. The van der Waals surface area contributed by atoms with Crippen molar-refractivity contribution < 1.29 is 93.6 Å². The molecule has 0 bridgehead atoms. The van der Waals surface area contributed by atoms with Crippen molar-refractivity contribution in [1.82, 2.24) is 0 Å². The summed E-state index contributed by atoms with van der Waals surface area (Å²) in [6, 6.07) is 0. The van der Waals surface area contributed by atoms with Gasteiger partial charge in [-0.1, -0.05) is 0 Å². The normalized spacial score (nSPS) is 2.20. The average Bonchev–Trinajstić information content (AvgIpc) is 1.75. The van der Waals surface area contributed by atoms with Crippen LogP contribution in [-0.4, -0.2) is 0 Å². The first-order valence-electron chi connectivity index (χ1n) is 0.999. The van der Waals surface area contributed by atoms with Crippen LogP contribution in [0.25, 0.3) is 0 Å². The van der Waals surface area contributed by atoms with Crippen molar-refractivity contribution in [1.29, 1.82) is 0 Å². The summed E-state index contributed by atoms with van der Waals surface area (Å²) in [4.78, 5) is 0. The fraction of sp³-hybridized carbons (Fsp3) is 0. The molecule has 0 aromatic carbocycles. The molecule has 0 aromatic rings. The zero-order valence-corrected chi connectivity index (χ0v) is 13.2. The number of hydrogen-bond acceptors (Lipinski definition) is 6. The molecule has 0 radical (unpaired) electrons. The molecule has 0 unspecified atom stereocenters. The van der Waals surface area contributed by atoms with Gasteiger partial charge in [0.15, 0.2) is 0 Å². The van der Waals surface area contributed by atoms with Gasteiger partial charge in [-0.15, -0.1) is 0 Å². The van der Waals surface area contributed by atoms with Crippen LogP contribution in [0.3, 0.4) is 0 Å². The second-order valence-electron chi connectivity index (χ2n) is 0.167. The van der Waals surface area contributed by atoms with Gasteiger partial charge in [0.1, 0.15) is 0 Å². The number of hydrogen-bond donors (Lipinski definition) is 1. The summed E-state index contributed by atoms with van der Waals surface area (Å²) in [6.45, 7) is 0. The van der Waals surface area contributed by atoms with Crippen LogP contribution < -0.4 is 0 Å². The van der Waals surface area contributed by atoms with Gasteiger partial charge in [-0.25, -0.2) is 0 Å². The van der Waals surface area contributed by atoms with Gasteiger partial charge in [0.25, 0.3) is 0 Å². The minimum atomic E-state index is -2.00. The Morgan fingerprint density at radius 1 is 0.800 bits per heavy atom. The van der Waals surface area contributed by atoms with Crippen LogP contribution in [0.5, 0.6) is 0 Å². The van der Waals surface area contributed by atoms with Crippen molar-refractivity contribution in [2.24, 2.45) is 0 Å². The third-order valence-corrected chi connectivity index (χ3v) is 0. The molecule has 0 aliphatic rings. The van der Waals surface area contributed by atoms with Gasteiger partial charge in [0.05, 0.1) is 0 Å². The molecule has 4 nitrogen and oxygen atoms in total. The Morgan fingerprint density at radius 3 is 0.800 bits per heavy atom. The van der Waals surface area contributed by atoms with Crippen LogP contribution in [0, 0.1) is 0 Å². The first kappa shape index (κ1) is 29.3. The monoisotopic (exact) mass is 421 g/mol. The van der Waals surface area contributed by atoms with E-state index in [2.05, 4.69) is 23.3 Å². The van der Waals surface area contributed by atoms with Crippen molar-refractivity contribution in [2.45, 2.75) is 0 Å². The molecule has 0 aromatic heterocycles. The van der Waals surface area contributed by atoms with Crippen molar-refractivity contribution in [2.75, 3.05) is 0 Å². The third-order valence-electron chi connectivity index (χ3n) is 0. The topological polar surface area (TPSA) is 68.3 Å². The third kappa shape index (κ3) is 138. The van der Waals surface area contributed by atoms with Gasteiger partial charge >= 0.3 is 51.5 Å². The Hall–Kier alpha value is 2.71. The van der Waals surface area contributed by atoms with E-state index in [1.165, 1.54) is 0 Å². The maximum Gasteiger partial charge on any atom is -0.350 e. The Labute approximate surface area is 115 Å². The fourth-order valence-corrected chi connectivity index (χ4v) is 0. The van der Waals surface area contributed by atoms with Crippen molar-refractivity contribution in [3.05, 3.63) is 0 Å². The molecule has 0 aliphatic carbocycles. The second kappa shape index (κ2) is 60.6. The molecular weight excluding hydrogens is 416 g/mol. The molecule has 10 heavy (non-hydrogen) atoms. The van der Waals surface area contributed by atoms with Crippen LogP contribution >= 0.6 is 11.7 Å². The SMILES string of the molecule is [Mo].[Mo].[O]=[Ti]=[O].[O]=[Ti]=[O].[S-]S. The molecular formula is HMo2O4S2Ti2-. The van der Waals surface area contributed by atoms with E-state index in [-0.39, 0.29) is 42.1 Å². The Kier molecular flexibility index (Phi) is 178. The van der Waals surface area contributed by atoms with E-state index in [9.17, 15) is 0 Å². The summed E-state index contributed by atoms with van der Waals surface area (Å²) in [7, 11) is 0. The van der Waals surface area contributed by atoms with Gasteiger partial charge in [-0.05, 0) is 0 Å². The second-order valence-corrected chi connectivity index (χ2v) is 0.687. The van der Waals surface area contributed by atoms with Gasteiger partial charge < -0.3 is 23.3 Å². The summed E-state index contributed by atoms with van der Waals surface area (Å²) in [5, 5.41) is 0. The minimum absolute atomic E-state index is 0. The van der Waals surface area contributed by atoms with Crippen molar-refractivity contribution in [3.63, 3.8) is 0 Å². The first-order chi connectivity index (χ1) is 3.83. The zero-order chi connectivity index (χ0) is 7.41. The molecule has 0 saturated heterocycles. The number of thiol groups is 1. The molecule has 0 rings (SSSR count). The molecule has 10 heteroatoms. The minimum Gasteiger partial charge on any atom is -0.723 e. The fourth-order valence-electron chi connectivity index (χ4n) is 0. The number of rotatable bonds is 0. The van der Waals surface area contributed by atoms with E-state index in [1.807, 2.05) is 0 Å². The van der Waals surface area contributed by atoms with E-state index in [0.717, 1.165) is 0 Å². The van der Waals surface area contributed by atoms with E-state index >= 15 is 0 Å². The molecule has 0 amide bonds. The Balaban J connectivity index is -0.0000000116. The van der Waals surface area contributed by atoms with Crippen LogP contribution in [0.1, 0.15) is 0 Å².